The normalized spacial score (nSPS) is 16.2. The van der Waals surface area contributed by atoms with E-state index in [-0.39, 0.29) is 44.4 Å². The van der Waals surface area contributed by atoms with Crippen molar-refractivity contribution in [2.75, 3.05) is 44.8 Å². The second-order valence-corrected chi connectivity index (χ2v) is 7.90. The molecule has 1 aliphatic heterocycles. The van der Waals surface area contributed by atoms with Crippen LogP contribution in [0.2, 0.25) is 0 Å². The van der Waals surface area contributed by atoms with Gasteiger partial charge in [-0.1, -0.05) is 18.2 Å². The Balaban J connectivity index is 1.93. The lowest BCUT2D eigenvalue weighted by Gasteiger charge is -2.42. The number of carbonyl (C=O) groups excluding carboxylic acids is 2. The number of methoxy groups -OCH3 is 1. The first-order valence-electron chi connectivity index (χ1n) is 10.7. The van der Waals surface area contributed by atoms with Crippen LogP contribution in [-0.4, -0.2) is 62.7 Å². The third kappa shape index (κ3) is 5.48. The minimum Gasteiger partial charge on any atom is -0.383 e. The van der Waals surface area contributed by atoms with Crippen molar-refractivity contribution in [3.8, 4) is 6.07 Å². The van der Waals surface area contributed by atoms with E-state index in [0.717, 1.165) is 17.7 Å². The summed E-state index contributed by atoms with van der Waals surface area (Å²) in [6, 6.07) is 11.1. The number of hydrogen-bond acceptors (Lipinski definition) is 5. The average Bonchev–Trinajstić information content (AvgIpc) is 2.82. The highest BCUT2D eigenvalue weighted by Gasteiger charge is 2.38. The molecule has 2 aromatic carbocycles. The van der Waals surface area contributed by atoms with Crippen molar-refractivity contribution in [1.29, 1.82) is 5.26 Å². The molecule has 10 heteroatoms. The topological polar surface area (TPSA) is 85.7 Å². The van der Waals surface area contributed by atoms with Crippen molar-refractivity contribution in [2.45, 2.75) is 19.1 Å². The van der Waals surface area contributed by atoms with Gasteiger partial charge in [0.05, 0.1) is 30.3 Å². The van der Waals surface area contributed by atoms with E-state index in [1.54, 1.807) is 23.1 Å². The number of aryl methyl sites for hydroxylation is 1. The third-order valence-electron chi connectivity index (χ3n) is 5.71. The Morgan fingerprint density at radius 1 is 1.21 bits per heavy atom. The zero-order valence-corrected chi connectivity index (χ0v) is 18.9. The van der Waals surface area contributed by atoms with Gasteiger partial charge in [0.15, 0.2) is 0 Å². The van der Waals surface area contributed by atoms with Gasteiger partial charge >= 0.3 is 6.18 Å². The van der Waals surface area contributed by atoms with Gasteiger partial charge in [0.25, 0.3) is 5.91 Å². The lowest BCUT2D eigenvalue weighted by atomic mass is 10.0. The number of ether oxygens (including phenoxy) is 1. The highest BCUT2D eigenvalue weighted by Crippen LogP contribution is 2.35. The molecule has 180 valence electrons. The summed E-state index contributed by atoms with van der Waals surface area (Å²) in [5, 5.41) is 11.8. The van der Waals surface area contributed by atoms with Crippen LogP contribution >= 0.6 is 0 Å². The number of amides is 2. The second-order valence-electron chi connectivity index (χ2n) is 7.90. The van der Waals surface area contributed by atoms with Crippen LogP contribution in [0, 0.1) is 18.3 Å². The fourth-order valence-corrected chi connectivity index (χ4v) is 3.92. The van der Waals surface area contributed by atoms with Gasteiger partial charge in [-0.25, -0.2) is 0 Å². The highest BCUT2D eigenvalue weighted by atomic mass is 19.4. The molecule has 0 spiro atoms. The highest BCUT2D eigenvalue weighted by molar-refractivity contribution is 5.96. The molecule has 34 heavy (non-hydrogen) atoms. The second kappa shape index (κ2) is 10.6. The average molecular weight is 474 g/mol. The van der Waals surface area contributed by atoms with Gasteiger partial charge in [-0.3, -0.25) is 9.59 Å². The summed E-state index contributed by atoms with van der Waals surface area (Å²) in [6.07, 6.45) is -4.72. The fraction of sp³-hybridized carbons (Fsp3) is 0.375. The number of nitrogens with one attached hydrogen (secondary N) is 1. The van der Waals surface area contributed by atoms with Crippen LogP contribution in [0.4, 0.5) is 18.9 Å². The quantitative estimate of drug-likeness (QED) is 0.651. The molecule has 1 N–H and O–H groups in total. The molecular formula is C24H25F3N4O3. The third-order valence-corrected chi connectivity index (χ3v) is 5.71. The maximum absolute atomic E-state index is 13.5. The zero-order valence-electron chi connectivity index (χ0n) is 18.9. The molecule has 3 rings (SSSR count). The van der Waals surface area contributed by atoms with Gasteiger partial charge in [-0.05, 0) is 36.8 Å². The van der Waals surface area contributed by atoms with Gasteiger partial charge in [-0.2, -0.15) is 18.4 Å². The molecule has 2 amide bonds. The van der Waals surface area contributed by atoms with Gasteiger partial charge in [0, 0.05) is 38.0 Å². The van der Waals surface area contributed by atoms with Gasteiger partial charge in [0.1, 0.15) is 6.04 Å². The van der Waals surface area contributed by atoms with Crippen molar-refractivity contribution < 1.29 is 27.5 Å². The summed E-state index contributed by atoms with van der Waals surface area (Å²) >= 11 is 0. The smallest absolute Gasteiger partial charge is 0.383 e. The Labute approximate surface area is 195 Å². The minimum atomic E-state index is -4.72. The standard InChI is InChI=1S/C24H25F3N4O3/c1-16-5-3-4-6-19(16)23(33)30-10-11-31(21(15-30)22(32)29-9-12-34-2)18-8-7-17(14-28)20(13-18)24(25,26)27/h3-8,13,21H,9-12,15H2,1-2H3,(H,29,32). The Hall–Kier alpha value is -3.58. The van der Waals surface area contributed by atoms with Crippen molar-refractivity contribution in [3.63, 3.8) is 0 Å². The minimum absolute atomic E-state index is 0.00661. The molecule has 0 aliphatic carbocycles. The molecule has 0 saturated carbocycles. The lowest BCUT2D eigenvalue weighted by molar-refractivity contribution is -0.137. The van der Waals surface area contributed by atoms with E-state index >= 15 is 0 Å². The number of nitrogens with zero attached hydrogens (tertiary/aromatic N) is 3. The Morgan fingerprint density at radius 3 is 2.59 bits per heavy atom. The first kappa shape index (κ1) is 25.1. The molecular weight excluding hydrogens is 449 g/mol. The van der Waals surface area contributed by atoms with E-state index in [4.69, 9.17) is 10.00 Å². The van der Waals surface area contributed by atoms with E-state index in [2.05, 4.69) is 5.32 Å². The van der Waals surface area contributed by atoms with Crippen molar-refractivity contribution in [3.05, 3.63) is 64.7 Å². The number of nitriles is 1. The summed E-state index contributed by atoms with van der Waals surface area (Å²) in [5.41, 5.74) is -0.110. The molecule has 0 radical (unpaired) electrons. The van der Waals surface area contributed by atoms with E-state index < -0.39 is 29.3 Å². The number of rotatable bonds is 6. The number of alkyl halides is 3. The van der Waals surface area contributed by atoms with Crippen LogP contribution in [0.25, 0.3) is 0 Å². The molecule has 1 aliphatic rings. The molecule has 0 bridgehead atoms. The first-order chi connectivity index (χ1) is 16.2. The van der Waals surface area contributed by atoms with Crippen molar-refractivity contribution >= 4 is 17.5 Å². The molecule has 1 fully saturated rings. The van der Waals surface area contributed by atoms with E-state index in [1.807, 2.05) is 19.1 Å². The van der Waals surface area contributed by atoms with E-state index in [9.17, 15) is 22.8 Å². The van der Waals surface area contributed by atoms with E-state index in [0.29, 0.717) is 5.56 Å². The molecule has 1 unspecified atom stereocenters. The Bertz CT molecular complexity index is 1100. The molecule has 1 saturated heterocycles. The van der Waals surface area contributed by atoms with Gasteiger partial charge in [0.2, 0.25) is 5.91 Å². The van der Waals surface area contributed by atoms with Crippen LogP contribution in [0.5, 0.6) is 0 Å². The summed E-state index contributed by atoms with van der Waals surface area (Å²) < 4.78 is 45.5. The SMILES string of the molecule is COCCNC(=O)C1CN(C(=O)c2ccccc2C)CCN1c1ccc(C#N)c(C(F)(F)F)c1. The van der Waals surface area contributed by atoms with Crippen LogP contribution in [0.1, 0.15) is 27.0 Å². The monoisotopic (exact) mass is 474 g/mol. The van der Waals surface area contributed by atoms with Crippen molar-refractivity contribution in [2.24, 2.45) is 0 Å². The lowest BCUT2D eigenvalue weighted by Crippen LogP contribution is -2.60. The number of piperazine rings is 1. The maximum atomic E-state index is 13.5. The number of anilines is 1. The van der Waals surface area contributed by atoms with E-state index in [1.165, 1.54) is 18.1 Å². The number of benzene rings is 2. The predicted molar refractivity (Wildman–Crippen MR) is 119 cm³/mol. The van der Waals surface area contributed by atoms with Crippen LogP contribution in [0.15, 0.2) is 42.5 Å². The van der Waals surface area contributed by atoms with Crippen LogP contribution in [0.3, 0.4) is 0 Å². The molecule has 1 atom stereocenters. The number of carbonyl (C=O) groups is 2. The number of hydrogen-bond donors (Lipinski definition) is 1. The summed E-state index contributed by atoms with van der Waals surface area (Å²) in [7, 11) is 1.48. The Morgan fingerprint density at radius 2 is 1.94 bits per heavy atom. The molecule has 2 aromatic rings. The van der Waals surface area contributed by atoms with Crippen molar-refractivity contribution in [1.82, 2.24) is 10.2 Å². The summed E-state index contributed by atoms with van der Waals surface area (Å²) in [6.45, 7) is 2.65. The maximum Gasteiger partial charge on any atom is 0.417 e. The zero-order chi connectivity index (χ0) is 24.9. The predicted octanol–water partition coefficient (Wildman–Crippen LogP) is 2.98. The Kier molecular flexibility index (Phi) is 7.79. The fourth-order valence-electron chi connectivity index (χ4n) is 3.92. The molecule has 7 nitrogen and oxygen atoms in total. The summed E-state index contributed by atoms with van der Waals surface area (Å²) in [5.74, 6) is -0.680. The largest absolute Gasteiger partial charge is 0.417 e. The van der Waals surface area contributed by atoms with Crippen LogP contribution in [-0.2, 0) is 15.7 Å². The molecule has 1 heterocycles. The number of halogens is 3. The first-order valence-corrected chi connectivity index (χ1v) is 10.7. The van der Waals surface area contributed by atoms with Crippen LogP contribution < -0.4 is 10.2 Å². The summed E-state index contributed by atoms with van der Waals surface area (Å²) in [4.78, 5) is 29.2. The van der Waals surface area contributed by atoms with Gasteiger partial charge < -0.3 is 19.9 Å². The molecule has 0 aromatic heterocycles. The van der Waals surface area contributed by atoms with Gasteiger partial charge in [-0.15, -0.1) is 0 Å².